The minimum atomic E-state index is -0.882. The molecular formula is C13H26N2O4. The van der Waals surface area contributed by atoms with E-state index in [1.165, 1.54) is 0 Å². The normalized spacial score (nSPS) is 12.3. The number of carboxylic acid groups (broad SMARTS) is 1. The number of carboxylic acids is 1. The van der Waals surface area contributed by atoms with Crippen LogP contribution >= 0.6 is 0 Å². The largest absolute Gasteiger partial charge is 0.481 e. The maximum atomic E-state index is 11.8. The molecule has 1 atom stereocenters. The fourth-order valence-corrected chi connectivity index (χ4v) is 1.83. The summed E-state index contributed by atoms with van der Waals surface area (Å²) in [7, 11) is 0. The SMILES string of the molecule is CCN(CCCO)C(=O)NCC(CC(C)C)C(=O)O. The molecule has 0 aliphatic carbocycles. The standard InChI is InChI=1S/C13H26N2O4/c1-4-15(6-5-7-16)13(19)14-9-11(12(17)18)8-10(2)3/h10-11,16H,4-9H2,1-3H3,(H,14,19)(H,17,18). The van der Waals surface area contributed by atoms with Gasteiger partial charge in [-0.1, -0.05) is 13.8 Å². The van der Waals surface area contributed by atoms with Crippen molar-refractivity contribution in [2.24, 2.45) is 11.8 Å². The Bertz CT molecular complexity index is 282. The van der Waals surface area contributed by atoms with Crippen LogP contribution in [-0.4, -0.2) is 53.4 Å². The van der Waals surface area contributed by atoms with Gasteiger partial charge in [0.1, 0.15) is 0 Å². The zero-order chi connectivity index (χ0) is 14.8. The van der Waals surface area contributed by atoms with Gasteiger partial charge in [0, 0.05) is 26.2 Å². The van der Waals surface area contributed by atoms with Crippen LogP contribution in [0, 0.1) is 11.8 Å². The lowest BCUT2D eigenvalue weighted by atomic mass is 9.97. The van der Waals surface area contributed by atoms with Gasteiger partial charge in [0.2, 0.25) is 0 Å². The lowest BCUT2D eigenvalue weighted by Crippen LogP contribution is -2.43. The van der Waals surface area contributed by atoms with Crippen LogP contribution in [0.5, 0.6) is 0 Å². The number of carbonyl (C=O) groups is 2. The van der Waals surface area contributed by atoms with Gasteiger partial charge in [-0.05, 0) is 25.7 Å². The molecule has 0 aromatic carbocycles. The highest BCUT2D eigenvalue weighted by molar-refractivity contribution is 5.76. The number of carbonyl (C=O) groups excluding carboxylic acids is 1. The van der Waals surface area contributed by atoms with E-state index in [2.05, 4.69) is 5.32 Å². The molecule has 0 aromatic heterocycles. The summed E-state index contributed by atoms with van der Waals surface area (Å²) in [5, 5.41) is 20.5. The second-order valence-electron chi connectivity index (χ2n) is 5.01. The Hall–Kier alpha value is -1.30. The quantitative estimate of drug-likeness (QED) is 0.588. The van der Waals surface area contributed by atoms with E-state index in [4.69, 9.17) is 10.2 Å². The van der Waals surface area contributed by atoms with Crippen LogP contribution in [-0.2, 0) is 4.79 Å². The third kappa shape index (κ3) is 7.66. The molecule has 19 heavy (non-hydrogen) atoms. The van der Waals surface area contributed by atoms with Crippen molar-refractivity contribution in [2.45, 2.75) is 33.6 Å². The lowest BCUT2D eigenvalue weighted by Gasteiger charge is -2.22. The molecule has 0 heterocycles. The molecule has 0 aliphatic heterocycles. The Morgan fingerprint density at radius 1 is 1.32 bits per heavy atom. The van der Waals surface area contributed by atoms with E-state index in [1.807, 2.05) is 20.8 Å². The smallest absolute Gasteiger partial charge is 0.317 e. The molecule has 0 saturated heterocycles. The number of nitrogens with zero attached hydrogens (tertiary/aromatic N) is 1. The van der Waals surface area contributed by atoms with E-state index in [9.17, 15) is 9.59 Å². The third-order valence-electron chi connectivity index (χ3n) is 2.86. The zero-order valence-corrected chi connectivity index (χ0v) is 12.1. The predicted molar refractivity (Wildman–Crippen MR) is 72.9 cm³/mol. The number of hydrogen-bond acceptors (Lipinski definition) is 3. The molecular weight excluding hydrogens is 248 g/mol. The first-order chi connectivity index (χ1) is 8.92. The lowest BCUT2D eigenvalue weighted by molar-refractivity contribution is -0.142. The molecule has 6 heteroatoms. The minimum Gasteiger partial charge on any atom is -0.481 e. The molecule has 0 bridgehead atoms. The molecule has 2 amide bonds. The molecule has 0 aromatic rings. The van der Waals surface area contributed by atoms with Crippen molar-refractivity contribution >= 4 is 12.0 Å². The van der Waals surface area contributed by atoms with Crippen LogP contribution in [0.4, 0.5) is 4.79 Å². The van der Waals surface area contributed by atoms with Gasteiger partial charge >= 0.3 is 12.0 Å². The fraction of sp³-hybridized carbons (Fsp3) is 0.846. The molecule has 112 valence electrons. The second kappa shape index (κ2) is 9.61. The highest BCUT2D eigenvalue weighted by Gasteiger charge is 2.20. The molecule has 1 unspecified atom stereocenters. The highest BCUT2D eigenvalue weighted by atomic mass is 16.4. The number of rotatable bonds is 9. The summed E-state index contributed by atoms with van der Waals surface area (Å²) >= 11 is 0. The first-order valence-electron chi connectivity index (χ1n) is 6.78. The van der Waals surface area contributed by atoms with Crippen LogP contribution in [0.3, 0.4) is 0 Å². The van der Waals surface area contributed by atoms with Crippen LogP contribution in [0.25, 0.3) is 0 Å². The Labute approximate surface area is 114 Å². The molecule has 0 aliphatic rings. The zero-order valence-electron chi connectivity index (χ0n) is 12.1. The molecule has 6 nitrogen and oxygen atoms in total. The number of aliphatic hydroxyl groups excluding tert-OH is 1. The van der Waals surface area contributed by atoms with Crippen molar-refractivity contribution in [1.82, 2.24) is 10.2 Å². The first kappa shape index (κ1) is 17.7. The van der Waals surface area contributed by atoms with Gasteiger partial charge in [-0.25, -0.2) is 4.79 Å². The van der Waals surface area contributed by atoms with Crippen molar-refractivity contribution in [3.05, 3.63) is 0 Å². The predicted octanol–water partition coefficient (Wildman–Crippen LogP) is 1.15. The molecule has 0 fully saturated rings. The van der Waals surface area contributed by atoms with E-state index >= 15 is 0 Å². The maximum Gasteiger partial charge on any atom is 0.317 e. The summed E-state index contributed by atoms with van der Waals surface area (Å²) in [5.41, 5.74) is 0. The van der Waals surface area contributed by atoms with Crippen LogP contribution < -0.4 is 5.32 Å². The van der Waals surface area contributed by atoms with E-state index in [0.717, 1.165) is 0 Å². The minimum absolute atomic E-state index is 0.0366. The molecule has 0 spiro atoms. The number of nitrogens with one attached hydrogen (secondary N) is 1. The van der Waals surface area contributed by atoms with Crippen molar-refractivity contribution in [2.75, 3.05) is 26.2 Å². The van der Waals surface area contributed by atoms with Gasteiger partial charge in [0.15, 0.2) is 0 Å². The third-order valence-corrected chi connectivity index (χ3v) is 2.86. The van der Waals surface area contributed by atoms with Crippen LogP contribution in [0.2, 0.25) is 0 Å². The summed E-state index contributed by atoms with van der Waals surface area (Å²) in [6.07, 6.45) is 1.06. The Balaban J connectivity index is 4.25. The van der Waals surface area contributed by atoms with Crippen LogP contribution in [0.1, 0.15) is 33.6 Å². The summed E-state index contributed by atoms with van der Waals surface area (Å²) in [6, 6.07) is -0.272. The summed E-state index contributed by atoms with van der Waals surface area (Å²) in [5.74, 6) is -1.16. The average molecular weight is 274 g/mol. The second-order valence-corrected chi connectivity index (χ2v) is 5.01. The number of amides is 2. The van der Waals surface area contributed by atoms with Crippen molar-refractivity contribution in [1.29, 1.82) is 0 Å². The van der Waals surface area contributed by atoms with Gasteiger partial charge in [-0.15, -0.1) is 0 Å². The van der Waals surface area contributed by atoms with Crippen molar-refractivity contribution < 1.29 is 19.8 Å². The molecule has 0 rings (SSSR count). The van der Waals surface area contributed by atoms with Crippen molar-refractivity contribution in [3.63, 3.8) is 0 Å². The molecule has 3 N–H and O–H groups in total. The van der Waals surface area contributed by atoms with E-state index in [-0.39, 0.29) is 25.1 Å². The van der Waals surface area contributed by atoms with Crippen molar-refractivity contribution in [3.8, 4) is 0 Å². The average Bonchev–Trinajstić information content (AvgIpc) is 2.34. The Morgan fingerprint density at radius 3 is 2.37 bits per heavy atom. The maximum absolute atomic E-state index is 11.8. The summed E-state index contributed by atoms with van der Waals surface area (Å²) < 4.78 is 0. The Kier molecular flexibility index (Phi) is 8.95. The van der Waals surface area contributed by atoms with Gasteiger partial charge in [-0.2, -0.15) is 0 Å². The van der Waals surface area contributed by atoms with Gasteiger partial charge < -0.3 is 20.4 Å². The molecule has 0 saturated carbocycles. The monoisotopic (exact) mass is 274 g/mol. The molecule has 0 radical (unpaired) electrons. The van der Waals surface area contributed by atoms with E-state index in [1.54, 1.807) is 4.90 Å². The van der Waals surface area contributed by atoms with Crippen LogP contribution in [0.15, 0.2) is 0 Å². The van der Waals surface area contributed by atoms with Gasteiger partial charge in [0.05, 0.1) is 5.92 Å². The van der Waals surface area contributed by atoms with Gasteiger partial charge in [-0.3, -0.25) is 4.79 Å². The number of urea groups is 1. The van der Waals surface area contributed by atoms with E-state index < -0.39 is 11.9 Å². The summed E-state index contributed by atoms with van der Waals surface area (Å²) in [4.78, 5) is 24.5. The number of aliphatic carboxylic acids is 1. The highest BCUT2D eigenvalue weighted by Crippen LogP contribution is 2.11. The van der Waals surface area contributed by atoms with Gasteiger partial charge in [0.25, 0.3) is 0 Å². The number of hydrogen-bond donors (Lipinski definition) is 3. The fourth-order valence-electron chi connectivity index (χ4n) is 1.83. The first-order valence-corrected chi connectivity index (χ1v) is 6.78. The van der Waals surface area contributed by atoms with E-state index in [0.29, 0.717) is 25.9 Å². The topological polar surface area (TPSA) is 89.9 Å². The Morgan fingerprint density at radius 2 is 1.95 bits per heavy atom. The number of aliphatic hydroxyl groups is 1. The summed E-state index contributed by atoms with van der Waals surface area (Å²) in [6.45, 7) is 6.94.